The zero-order valence-corrected chi connectivity index (χ0v) is 11.4. The second-order valence-electron chi connectivity index (χ2n) is 4.61. The van der Waals surface area contributed by atoms with Crippen LogP contribution in [0.1, 0.15) is 16.7 Å². The number of carboxylic acids is 1. The number of carbonyl (C=O) groups is 1. The highest BCUT2D eigenvalue weighted by Crippen LogP contribution is 2.16. The summed E-state index contributed by atoms with van der Waals surface area (Å²) in [6.45, 7) is -0.235. The Bertz CT molecular complexity index is 666. The quantitative estimate of drug-likeness (QED) is 0.728. The van der Waals surface area contributed by atoms with Crippen LogP contribution in [0.3, 0.4) is 0 Å². The summed E-state index contributed by atoms with van der Waals surface area (Å²) >= 11 is 0. The van der Waals surface area contributed by atoms with Crippen molar-refractivity contribution in [3.63, 3.8) is 0 Å². The Hall–Kier alpha value is -2.66. The van der Waals surface area contributed by atoms with Gasteiger partial charge in [0.1, 0.15) is 5.82 Å². The van der Waals surface area contributed by atoms with Gasteiger partial charge in [-0.15, -0.1) is 0 Å². The summed E-state index contributed by atoms with van der Waals surface area (Å²) in [6, 6.07) is 11.0. The molecule has 0 saturated heterocycles. The lowest BCUT2D eigenvalue weighted by Gasteiger charge is -2.05. The van der Waals surface area contributed by atoms with Gasteiger partial charge in [0.2, 0.25) is 0 Å². The van der Waals surface area contributed by atoms with Crippen molar-refractivity contribution in [2.45, 2.75) is 13.0 Å². The van der Waals surface area contributed by atoms with Gasteiger partial charge in [0.25, 0.3) is 0 Å². The summed E-state index contributed by atoms with van der Waals surface area (Å²) in [4.78, 5) is 15.3. The first-order valence-electron chi connectivity index (χ1n) is 6.43. The lowest BCUT2D eigenvalue weighted by molar-refractivity contribution is -0.132. The minimum absolute atomic E-state index is 0.235. The summed E-state index contributed by atoms with van der Waals surface area (Å²) in [5.74, 6) is -0.740. The molecule has 0 unspecified atom stereocenters. The molecule has 0 atom stereocenters. The number of pyridine rings is 1. The van der Waals surface area contributed by atoms with Crippen LogP contribution in [0.5, 0.6) is 0 Å². The molecule has 4 N–H and O–H groups in total. The summed E-state index contributed by atoms with van der Waals surface area (Å²) in [6.07, 6.45) is 3.35. The molecule has 1 heterocycles. The smallest absolute Gasteiger partial charge is 0.331 e. The van der Waals surface area contributed by atoms with Gasteiger partial charge in [-0.25, -0.2) is 9.78 Å². The van der Waals surface area contributed by atoms with E-state index in [0.29, 0.717) is 17.5 Å². The normalized spacial score (nSPS) is 11.4. The molecule has 1 aromatic carbocycles. The number of carboxylic acid groups (broad SMARTS) is 1. The molecule has 2 rings (SSSR count). The lowest BCUT2D eigenvalue weighted by Crippen LogP contribution is -2.04. The predicted molar refractivity (Wildman–Crippen MR) is 80.3 cm³/mol. The Morgan fingerprint density at radius 1 is 1.29 bits per heavy atom. The molecule has 0 spiro atoms. The van der Waals surface area contributed by atoms with Crippen LogP contribution >= 0.6 is 0 Å². The van der Waals surface area contributed by atoms with Crippen molar-refractivity contribution in [3.8, 4) is 0 Å². The van der Waals surface area contributed by atoms with Gasteiger partial charge in [0.05, 0.1) is 6.61 Å². The Balaban J connectivity index is 2.31. The van der Waals surface area contributed by atoms with Crippen LogP contribution in [0.4, 0.5) is 5.82 Å². The van der Waals surface area contributed by atoms with Gasteiger partial charge in [-0.2, -0.15) is 0 Å². The Morgan fingerprint density at radius 2 is 2.00 bits per heavy atom. The number of rotatable bonds is 5. The maximum Gasteiger partial charge on any atom is 0.331 e. The summed E-state index contributed by atoms with van der Waals surface area (Å²) in [7, 11) is 0. The molecule has 5 nitrogen and oxygen atoms in total. The van der Waals surface area contributed by atoms with Gasteiger partial charge in [0, 0.05) is 23.8 Å². The topological polar surface area (TPSA) is 96.4 Å². The second-order valence-corrected chi connectivity index (χ2v) is 4.61. The number of hydrogen-bond acceptors (Lipinski definition) is 4. The number of nitrogen functional groups attached to an aromatic ring is 1. The predicted octanol–water partition coefficient (Wildman–Crippen LogP) is 1.87. The van der Waals surface area contributed by atoms with Gasteiger partial charge in [0.15, 0.2) is 0 Å². The molecule has 2 aromatic rings. The van der Waals surface area contributed by atoms with E-state index in [1.165, 1.54) is 6.20 Å². The first-order valence-corrected chi connectivity index (χ1v) is 6.43. The SMILES string of the molecule is Nc1ncc(/C=C(\Cc2ccccc2)C(=O)O)cc1CO. The van der Waals surface area contributed by atoms with Crippen LogP contribution in [0.15, 0.2) is 48.2 Å². The summed E-state index contributed by atoms with van der Waals surface area (Å²) in [5.41, 5.74) is 7.85. The van der Waals surface area contributed by atoms with Crippen LogP contribution in [0, 0.1) is 0 Å². The van der Waals surface area contributed by atoms with Crippen molar-refractivity contribution in [1.82, 2.24) is 4.98 Å². The molecule has 0 aliphatic heterocycles. The lowest BCUT2D eigenvalue weighted by atomic mass is 10.0. The number of anilines is 1. The van der Waals surface area contributed by atoms with Crippen molar-refractivity contribution in [2.24, 2.45) is 0 Å². The average Bonchev–Trinajstić information content (AvgIpc) is 2.49. The van der Waals surface area contributed by atoms with Crippen LogP contribution in [0.2, 0.25) is 0 Å². The number of hydrogen-bond donors (Lipinski definition) is 3. The van der Waals surface area contributed by atoms with Gasteiger partial charge >= 0.3 is 5.97 Å². The molecule has 0 aliphatic carbocycles. The number of aliphatic carboxylic acids is 1. The van der Waals surface area contributed by atoms with Crippen molar-refractivity contribution in [3.05, 3.63) is 64.9 Å². The fourth-order valence-electron chi connectivity index (χ4n) is 1.95. The van der Waals surface area contributed by atoms with Gasteiger partial charge in [-0.1, -0.05) is 30.3 Å². The highest BCUT2D eigenvalue weighted by atomic mass is 16.4. The van der Waals surface area contributed by atoms with Crippen molar-refractivity contribution in [2.75, 3.05) is 5.73 Å². The fourth-order valence-corrected chi connectivity index (χ4v) is 1.95. The Morgan fingerprint density at radius 3 is 2.62 bits per heavy atom. The monoisotopic (exact) mass is 284 g/mol. The number of aliphatic hydroxyl groups excluding tert-OH is 1. The molecule has 1 aromatic heterocycles. The highest BCUT2D eigenvalue weighted by molar-refractivity contribution is 5.92. The largest absolute Gasteiger partial charge is 0.478 e. The standard InChI is InChI=1S/C16H16N2O3/c17-15-14(10-19)8-12(9-18-15)7-13(16(20)21)6-11-4-2-1-3-5-11/h1-5,7-9,19H,6,10H2,(H2,17,18)(H,20,21)/b13-7+. The number of nitrogens with two attached hydrogens (primary N) is 1. The van der Waals surface area contributed by atoms with E-state index in [-0.39, 0.29) is 18.0 Å². The summed E-state index contributed by atoms with van der Waals surface area (Å²) in [5, 5.41) is 18.5. The number of nitrogens with zero attached hydrogens (tertiary/aromatic N) is 1. The number of benzene rings is 1. The second kappa shape index (κ2) is 6.67. The van der Waals surface area contributed by atoms with E-state index in [2.05, 4.69) is 4.98 Å². The average molecular weight is 284 g/mol. The van der Waals surface area contributed by atoms with E-state index in [9.17, 15) is 9.90 Å². The molecule has 5 heteroatoms. The van der Waals surface area contributed by atoms with Crippen LogP contribution in [0.25, 0.3) is 6.08 Å². The third-order valence-electron chi connectivity index (χ3n) is 3.05. The molecule has 0 fully saturated rings. The maximum atomic E-state index is 11.4. The van der Waals surface area contributed by atoms with E-state index in [1.54, 1.807) is 12.1 Å². The van der Waals surface area contributed by atoms with Crippen molar-refractivity contribution < 1.29 is 15.0 Å². The van der Waals surface area contributed by atoms with Crippen LogP contribution in [-0.4, -0.2) is 21.2 Å². The fraction of sp³-hybridized carbons (Fsp3) is 0.125. The Kier molecular flexibility index (Phi) is 4.68. The summed E-state index contributed by atoms with van der Waals surface area (Å²) < 4.78 is 0. The minimum Gasteiger partial charge on any atom is -0.478 e. The first kappa shape index (κ1) is 14.7. The van der Waals surface area contributed by atoms with Crippen LogP contribution < -0.4 is 5.73 Å². The zero-order chi connectivity index (χ0) is 15.2. The molecular formula is C16H16N2O3. The number of aliphatic hydroxyl groups is 1. The molecule has 21 heavy (non-hydrogen) atoms. The molecule has 0 bridgehead atoms. The van der Waals surface area contributed by atoms with Crippen molar-refractivity contribution in [1.29, 1.82) is 0 Å². The maximum absolute atomic E-state index is 11.4. The Labute approximate surface area is 122 Å². The van der Waals surface area contributed by atoms with E-state index in [4.69, 9.17) is 10.8 Å². The molecule has 0 aliphatic rings. The van der Waals surface area contributed by atoms with Crippen LogP contribution in [-0.2, 0) is 17.8 Å². The number of aromatic nitrogens is 1. The molecule has 0 radical (unpaired) electrons. The van der Waals surface area contributed by atoms with Gasteiger partial charge in [-0.3, -0.25) is 0 Å². The zero-order valence-electron chi connectivity index (χ0n) is 11.4. The third-order valence-corrected chi connectivity index (χ3v) is 3.05. The first-order chi connectivity index (χ1) is 10.1. The molecular weight excluding hydrogens is 268 g/mol. The molecule has 108 valence electrons. The van der Waals surface area contributed by atoms with E-state index < -0.39 is 5.97 Å². The van der Waals surface area contributed by atoms with Gasteiger partial charge in [-0.05, 0) is 23.3 Å². The third kappa shape index (κ3) is 3.90. The highest BCUT2D eigenvalue weighted by Gasteiger charge is 2.09. The van der Waals surface area contributed by atoms with Crippen molar-refractivity contribution >= 4 is 17.9 Å². The minimum atomic E-state index is -0.985. The molecule has 0 saturated carbocycles. The van der Waals surface area contributed by atoms with E-state index >= 15 is 0 Å². The molecule has 0 amide bonds. The van der Waals surface area contributed by atoms with Gasteiger partial charge < -0.3 is 15.9 Å². The van der Waals surface area contributed by atoms with E-state index in [1.807, 2.05) is 30.3 Å². The van der Waals surface area contributed by atoms with E-state index in [0.717, 1.165) is 5.56 Å².